The Morgan fingerprint density at radius 2 is 1.30 bits per heavy atom. The molecule has 2 nitrogen and oxygen atoms in total. The first kappa shape index (κ1) is 19.3. The number of rotatable bonds is 12. The van der Waals surface area contributed by atoms with Gasteiger partial charge < -0.3 is 10.2 Å². The Morgan fingerprint density at radius 1 is 0.739 bits per heavy atom. The average Bonchev–Trinajstić information content (AvgIpc) is 2.51. The third-order valence-electron chi connectivity index (χ3n) is 3.89. The van der Waals surface area contributed by atoms with E-state index in [9.17, 15) is 10.2 Å². The molecule has 0 amide bonds. The van der Waals surface area contributed by atoms with Gasteiger partial charge in [0.15, 0.2) is 0 Å². The molecule has 1 rings (SSSR count). The van der Waals surface area contributed by atoms with Crippen molar-refractivity contribution < 1.29 is 10.2 Å². The minimum atomic E-state index is 0.151. The molecule has 2 heteroatoms. The molecule has 0 aliphatic rings. The molecule has 0 atom stereocenters. The van der Waals surface area contributed by atoms with Crippen molar-refractivity contribution in [2.24, 2.45) is 0 Å². The fourth-order valence-electron chi connectivity index (χ4n) is 2.62. The highest BCUT2D eigenvalue weighted by Gasteiger charge is 1.99. The zero-order valence-corrected chi connectivity index (χ0v) is 14.5. The van der Waals surface area contributed by atoms with Gasteiger partial charge in [-0.2, -0.15) is 0 Å². The smallest absolute Gasteiger partial charge is 0.119 e. The van der Waals surface area contributed by atoms with Crippen molar-refractivity contribution in [1.82, 2.24) is 0 Å². The first-order chi connectivity index (χ1) is 11.2. The molecule has 0 aliphatic carbocycles. The zero-order chi connectivity index (χ0) is 16.8. The van der Waals surface area contributed by atoms with E-state index in [2.05, 4.69) is 31.2 Å². The number of allylic oxidation sites excluding steroid dienone is 4. The number of aromatic hydroxyl groups is 2. The fraction of sp³-hybridized carbons (Fsp3) is 0.524. The minimum Gasteiger partial charge on any atom is -0.508 e. The Labute approximate surface area is 141 Å². The Morgan fingerprint density at radius 3 is 1.96 bits per heavy atom. The van der Waals surface area contributed by atoms with Crippen LogP contribution >= 0.6 is 0 Å². The quantitative estimate of drug-likeness (QED) is 0.352. The number of unbranched alkanes of at least 4 members (excludes halogenated alkanes) is 7. The van der Waals surface area contributed by atoms with Crippen molar-refractivity contribution >= 4 is 0 Å². The molecule has 0 unspecified atom stereocenters. The van der Waals surface area contributed by atoms with E-state index in [1.54, 1.807) is 12.1 Å². The van der Waals surface area contributed by atoms with Gasteiger partial charge in [-0.05, 0) is 49.8 Å². The van der Waals surface area contributed by atoms with Gasteiger partial charge >= 0.3 is 0 Å². The molecule has 0 spiro atoms. The highest BCUT2D eigenvalue weighted by molar-refractivity contribution is 5.36. The molecular formula is C21H32O2. The summed E-state index contributed by atoms with van der Waals surface area (Å²) in [6.07, 6.45) is 20.8. The van der Waals surface area contributed by atoms with Gasteiger partial charge in [-0.25, -0.2) is 0 Å². The summed E-state index contributed by atoms with van der Waals surface area (Å²) in [5.41, 5.74) is 1.02. The molecule has 0 heterocycles. The maximum absolute atomic E-state index is 9.43. The van der Waals surface area contributed by atoms with Gasteiger partial charge in [0.2, 0.25) is 0 Å². The van der Waals surface area contributed by atoms with Crippen LogP contribution in [0.3, 0.4) is 0 Å². The lowest BCUT2D eigenvalue weighted by molar-refractivity contribution is 0.449. The van der Waals surface area contributed by atoms with Crippen LogP contribution in [0.2, 0.25) is 0 Å². The van der Waals surface area contributed by atoms with Crippen LogP contribution in [0.1, 0.15) is 70.3 Å². The van der Waals surface area contributed by atoms with Crippen LogP contribution in [0.5, 0.6) is 11.5 Å². The molecule has 1 aromatic carbocycles. The number of aryl methyl sites for hydroxylation is 1. The van der Waals surface area contributed by atoms with E-state index in [-0.39, 0.29) is 11.5 Å². The normalized spacial score (nSPS) is 11.7. The van der Waals surface area contributed by atoms with Crippen LogP contribution in [-0.4, -0.2) is 10.2 Å². The van der Waals surface area contributed by atoms with Gasteiger partial charge in [0.25, 0.3) is 0 Å². The van der Waals surface area contributed by atoms with Gasteiger partial charge in [0.1, 0.15) is 11.5 Å². The number of hydrogen-bond acceptors (Lipinski definition) is 2. The third-order valence-corrected chi connectivity index (χ3v) is 3.89. The van der Waals surface area contributed by atoms with E-state index >= 15 is 0 Å². The number of phenolic OH excluding ortho intramolecular Hbond substituents is 2. The van der Waals surface area contributed by atoms with Gasteiger partial charge in [0.05, 0.1) is 0 Å². The van der Waals surface area contributed by atoms with Crippen molar-refractivity contribution in [3.05, 3.63) is 48.1 Å². The van der Waals surface area contributed by atoms with Gasteiger partial charge in [-0.15, -0.1) is 0 Å². The van der Waals surface area contributed by atoms with E-state index in [1.807, 2.05) is 0 Å². The lowest BCUT2D eigenvalue weighted by Crippen LogP contribution is -1.86. The second kappa shape index (κ2) is 12.8. The summed E-state index contributed by atoms with van der Waals surface area (Å²) in [5, 5.41) is 18.9. The largest absolute Gasteiger partial charge is 0.508 e. The van der Waals surface area contributed by atoms with Crippen molar-refractivity contribution in [2.45, 2.75) is 71.1 Å². The Hall–Kier alpha value is -1.70. The van der Waals surface area contributed by atoms with Crippen molar-refractivity contribution in [3.8, 4) is 11.5 Å². The van der Waals surface area contributed by atoms with E-state index < -0.39 is 0 Å². The second-order valence-corrected chi connectivity index (χ2v) is 6.16. The SMILES string of the molecule is CCC/C=C/C=C/CCCCCCCCc1cc(O)cc(O)c1. The summed E-state index contributed by atoms with van der Waals surface area (Å²) in [6, 6.07) is 4.85. The molecule has 23 heavy (non-hydrogen) atoms. The fourth-order valence-corrected chi connectivity index (χ4v) is 2.62. The van der Waals surface area contributed by atoms with E-state index in [0.29, 0.717) is 0 Å². The molecule has 0 saturated heterocycles. The first-order valence-corrected chi connectivity index (χ1v) is 9.06. The van der Waals surface area contributed by atoms with E-state index in [4.69, 9.17) is 0 Å². The second-order valence-electron chi connectivity index (χ2n) is 6.16. The number of benzene rings is 1. The molecule has 1 aromatic rings. The summed E-state index contributed by atoms with van der Waals surface area (Å²) in [7, 11) is 0. The molecule has 0 bridgehead atoms. The maximum Gasteiger partial charge on any atom is 0.119 e. The zero-order valence-electron chi connectivity index (χ0n) is 14.5. The first-order valence-electron chi connectivity index (χ1n) is 9.06. The van der Waals surface area contributed by atoms with Crippen LogP contribution in [0.25, 0.3) is 0 Å². The van der Waals surface area contributed by atoms with E-state index in [1.165, 1.54) is 57.4 Å². The van der Waals surface area contributed by atoms with Crippen LogP contribution in [-0.2, 0) is 6.42 Å². The van der Waals surface area contributed by atoms with E-state index in [0.717, 1.165) is 18.4 Å². The molecular weight excluding hydrogens is 284 g/mol. The molecule has 2 N–H and O–H groups in total. The Bertz CT molecular complexity index is 454. The highest BCUT2D eigenvalue weighted by Crippen LogP contribution is 2.22. The Balaban J connectivity index is 1.95. The predicted octanol–water partition coefficient (Wildman–Crippen LogP) is 6.28. The highest BCUT2D eigenvalue weighted by atomic mass is 16.3. The molecule has 0 aromatic heterocycles. The molecule has 0 aliphatic heterocycles. The van der Waals surface area contributed by atoms with Crippen LogP contribution < -0.4 is 0 Å². The lowest BCUT2D eigenvalue weighted by atomic mass is 10.0. The molecule has 128 valence electrons. The molecule has 0 radical (unpaired) electrons. The van der Waals surface area contributed by atoms with Crippen LogP contribution in [0.15, 0.2) is 42.5 Å². The monoisotopic (exact) mass is 316 g/mol. The van der Waals surface area contributed by atoms with Crippen LogP contribution in [0.4, 0.5) is 0 Å². The predicted molar refractivity (Wildman–Crippen MR) is 99.0 cm³/mol. The van der Waals surface area contributed by atoms with Crippen molar-refractivity contribution in [3.63, 3.8) is 0 Å². The number of hydrogen-bond donors (Lipinski definition) is 2. The standard InChI is InChI=1S/C21H32O2/c1-2-3-4-5-6-7-8-9-10-11-12-13-14-15-19-16-20(22)18-21(23)17-19/h4-7,16-18,22-23H,2-3,8-15H2,1H3/b5-4+,7-6+. The summed E-state index contributed by atoms with van der Waals surface area (Å²) < 4.78 is 0. The Kier molecular flexibility index (Phi) is 10.8. The lowest BCUT2D eigenvalue weighted by Gasteiger charge is -2.04. The van der Waals surface area contributed by atoms with Gasteiger partial charge in [0, 0.05) is 6.07 Å². The van der Waals surface area contributed by atoms with Crippen LogP contribution in [0, 0.1) is 0 Å². The summed E-state index contributed by atoms with van der Waals surface area (Å²) >= 11 is 0. The molecule has 0 saturated carbocycles. The topological polar surface area (TPSA) is 40.5 Å². The van der Waals surface area contributed by atoms with Crippen molar-refractivity contribution in [1.29, 1.82) is 0 Å². The summed E-state index contributed by atoms with van der Waals surface area (Å²) in [4.78, 5) is 0. The maximum atomic E-state index is 9.43. The van der Waals surface area contributed by atoms with Gasteiger partial charge in [-0.3, -0.25) is 0 Å². The summed E-state index contributed by atoms with van der Waals surface area (Å²) in [6.45, 7) is 2.20. The average molecular weight is 316 g/mol. The summed E-state index contributed by atoms with van der Waals surface area (Å²) in [5.74, 6) is 0.301. The van der Waals surface area contributed by atoms with Crippen molar-refractivity contribution in [2.75, 3.05) is 0 Å². The minimum absolute atomic E-state index is 0.151. The van der Waals surface area contributed by atoms with Gasteiger partial charge in [-0.1, -0.05) is 63.3 Å². The third kappa shape index (κ3) is 10.6. The number of phenols is 2. The molecule has 0 fully saturated rings.